The van der Waals surface area contributed by atoms with Gasteiger partial charge in [-0.2, -0.15) is 0 Å². The van der Waals surface area contributed by atoms with E-state index in [1.54, 1.807) is 6.92 Å². The lowest BCUT2D eigenvalue weighted by molar-refractivity contribution is -0.138. The standard InChI is InChI=1S/C9H12Br3N3O5S/c1-6-13-14-8(21(18,19)9(10,11)12)15(6)3-5-20-4-2-7(16)17/h2-5H2,1H3,(H,16,17). The third-order valence-electron chi connectivity index (χ3n) is 2.37. The van der Waals surface area contributed by atoms with E-state index in [1.165, 1.54) is 4.57 Å². The van der Waals surface area contributed by atoms with E-state index in [2.05, 4.69) is 58.0 Å². The lowest BCUT2D eigenvalue weighted by atomic mass is 10.5. The molecule has 0 fully saturated rings. The van der Waals surface area contributed by atoms with Crippen LogP contribution >= 0.6 is 47.8 Å². The Morgan fingerprint density at radius 1 is 1.33 bits per heavy atom. The molecular weight excluding hydrogens is 502 g/mol. The summed E-state index contributed by atoms with van der Waals surface area (Å²) in [7, 11) is -3.85. The van der Waals surface area contributed by atoms with Gasteiger partial charge in [-0.3, -0.25) is 9.36 Å². The van der Waals surface area contributed by atoms with Crippen molar-refractivity contribution in [2.45, 2.75) is 26.5 Å². The first-order valence-electron chi connectivity index (χ1n) is 5.58. The molecule has 1 aromatic heterocycles. The molecule has 0 saturated carbocycles. The molecule has 8 nitrogen and oxygen atoms in total. The molecule has 21 heavy (non-hydrogen) atoms. The Morgan fingerprint density at radius 3 is 2.48 bits per heavy atom. The number of hydrogen-bond donors (Lipinski definition) is 1. The molecule has 1 rings (SSSR count). The van der Waals surface area contributed by atoms with Gasteiger partial charge in [-0.25, -0.2) is 8.42 Å². The van der Waals surface area contributed by atoms with Crippen molar-refractivity contribution in [2.75, 3.05) is 13.2 Å². The van der Waals surface area contributed by atoms with Gasteiger partial charge >= 0.3 is 5.97 Å². The normalized spacial score (nSPS) is 12.6. The zero-order chi connectivity index (χ0) is 16.3. The monoisotopic (exact) mass is 511 g/mol. The summed E-state index contributed by atoms with van der Waals surface area (Å²) in [6.07, 6.45) is -0.111. The van der Waals surface area contributed by atoms with Crippen molar-refractivity contribution in [1.82, 2.24) is 14.8 Å². The summed E-state index contributed by atoms with van der Waals surface area (Å²) < 4.78 is 29.5. The fourth-order valence-electron chi connectivity index (χ4n) is 1.34. The number of aromatic nitrogens is 3. The second-order valence-corrected chi connectivity index (χ2v) is 14.2. The fraction of sp³-hybridized carbons (Fsp3) is 0.667. The van der Waals surface area contributed by atoms with Crippen molar-refractivity contribution < 1.29 is 23.1 Å². The Bertz CT molecular complexity index is 611. The third kappa shape index (κ3) is 4.98. The number of hydrogen-bond acceptors (Lipinski definition) is 6. The van der Waals surface area contributed by atoms with Gasteiger partial charge in [-0.05, 0) is 54.7 Å². The van der Waals surface area contributed by atoms with E-state index in [1.807, 2.05) is 0 Å². The highest BCUT2D eigenvalue weighted by atomic mass is 80.0. The van der Waals surface area contributed by atoms with Gasteiger partial charge in [0.25, 0.3) is 5.16 Å². The highest BCUT2D eigenvalue weighted by Gasteiger charge is 2.41. The largest absolute Gasteiger partial charge is 0.481 e. The molecule has 0 aromatic carbocycles. The van der Waals surface area contributed by atoms with Crippen molar-refractivity contribution in [3.8, 4) is 0 Å². The van der Waals surface area contributed by atoms with Gasteiger partial charge in [0.2, 0.25) is 11.3 Å². The lowest BCUT2D eigenvalue weighted by Crippen LogP contribution is -2.23. The molecule has 120 valence electrons. The van der Waals surface area contributed by atoms with Crippen LogP contribution in [0.15, 0.2) is 5.16 Å². The fourth-order valence-corrected chi connectivity index (χ4v) is 3.51. The van der Waals surface area contributed by atoms with Crippen LogP contribution in [0.5, 0.6) is 0 Å². The molecule has 0 bridgehead atoms. The lowest BCUT2D eigenvalue weighted by Gasteiger charge is -2.14. The summed E-state index contributed by atoms with van der Waals surface area (Å²) in [5.41, 5.74) is 0. The number of carbonyl (C=O) groups is 1. The summed E-state index contributed by atoms with van der Waals surface area (Å²) in [6.45, 7) is 2.00. The molecule has 0 aliphatic carbocycles. The minimum atomic E-state index is -3.85. The minimum absolute atomic E-state index is 0.0534. The average molecular weight is 514 g/mol. The number of sulfone groups is 1. The molecular formula is C9H12Br3N3O5S. The summed E-state index contributed by atoms with van der Waals surface area (Å²) in [6, 6.07) is 0. The van der Waals surface area contributed by atoms with Gasteiger partial charge in [0.05, 0.1) is 19.6 Å². The number of aliphatic carboxylic acids is 1. The molecule has 1 aromatic rings. The van der Waals surface area contributed by atoms with Crippen LogP contribution in [0.2, 0.25) is 0 Å². The molecule has 0 atom stereocenters. The highest BCUT2D eigenvalue weighted by molar-refractivity contribution is 9.42. The van der Waals surface area contributed by atoms with E-state index in [0.29, 0.717) is 5.82 Å². The number of alkyl halides is 3. The minimum Gasteiger partial charge on any atom is -0.481 e. The van der Waals surface area contributed by atoms with Crippen LogP contribution in [0.1, 0.15) is 12.2 Å². The van der Waals surface area contributed by atoms with Gasteiger partial charge in [-0.15, -0.1) is 10.2 Å². The Morgan fingerprint density at radius 2 is 1.95 bits per heavy atom. The molecule has 0 unspecified atom stereocenters. The molecule has 12 heteroatoms. The van der Waals surface area contributed by atoms with Gasteiger partial charge in [0.1, 0.15) is 5.82 Å². The topological polar surface area (TPSA) is 111 Å². The molecule has 0 saturated heterocycles. The molecule has 0 aliphatic rings. The molecule has 0 aliphatic heterocycles. The predicted octanol–water partition coefficient (Wildman–Crippen LogP) is 1.65. The van der Waals surface area contributed by atoms with Crippen molar-refractivity contribution in [2.24, 2.45) is 0 Å². The quantitative estimate of drug-likeness (QED) is 0.436. The number of carboxylic acids is 1. The first-order chi connectivity index (χ1) is 9.57. The average Bonchev–Trinajstić information content (AvgIpc) is 2.69. The molecule has 1 heterocycles. The van der Waals surface area contributed by atoms with E-state index < -0.39 is 17.3 Å². The molecule has 0 radical (unpaired) electrons. The second-order valence-electron chi connectivity index (χ2n) is 3.89. The first kappa shape index (κ1) is 19.0. The summed E-state index contributed by atoms with van der Waals surface area (Å²) in [4.78, 5) is 10.3. The zero-order valence-electron chi connectivity index (χ0n) is 10.8. The predicted molar refractivity (Wildman–Crippen MR) is 84.5 cm³/mol. The van der Waals surface area contributed by atoms with Crippen LogP contribution in [-0.2, 0) is 25.9 Å². The molecule has 0 amide bonds. The van der Waals surface area contributed by atoms with Crippen LogP contribution in [0.25, 0.3) is 0 Å². The Kier molecular flexibility index (Phi) is 6.78. The number of rotatable bonds is 7. The van der Waals surface area contributed by atoms with Gasteiger partial charge < -0.3 is 9.84 Å². The second kappa shape index (κ2) is 7.49. The summed E-state index contributed by atoms with van der Waals surface area (Å²) >= 11 is 8.87. The molecule has 1 N–H and O–H groups in total. The maximum absolute atomic E-state index is 12.3. The van der Waals surface area contributed by atoms with E-state index in [9.17, 15) is 13.2 Å². The number of nitrogens with zero attached hydrogens (tertiary/aromatic N) is 3. The smallest absolute Gasteiger partial charge is 0.305 e. The van der Waals surface area contributed by atoms with E-state index in [4.69, 9.17) is 9.84 Å². The van der Waals surface area contributed by atoms with Crippen molar-refractivity contribution >= 4 is 63.6 Å². The first-order valence-corrected chi connectivity index (χ1v) is 9.44. The van der Waals surface area contributed by atoms with E-state index in [0.717, 1.165) is 0 Å². The van der Waals surface area contributed by atoms with Crippen molar-refractivity contribution in [1.29, 1.82) is 0 Å². The van der Waals surface area contributed by atoms with E-state index >= 15 is 0 Å². The summed E-state index contributed by atoms with van der Waals surface area (Å²) in [5, 5.41) is 15.7. The van der Waals surface area contributed by atoms with Crippen LogP contribution in [-0.4, -0.2) is 48.9 Å². The van der Waals surface area contributed by atoms with Crippen molar-refractivity contribution in [3.63, 3.8) is 0 Å². The van der Waals surface area contributed by atoms with Gasteiger partial charge in [-0.1, -0.05) is 0 Å². The highest BCUT2D eigenvalue weighted by Crippen LogP contribution is 2.42. The molecule has 0 spiro atoms. The Labute approximate surface area is 146 Å². The third-order valence-corrected chi connectivity index (χ3v) is 7.59. The number of aryl methyl sites for hydroxylation is 1. The van der Waals surface area contributed by atoms with Gasteiger partial charge in [0, 0.05) is 6.54 Å². The Balaban J connectivity index is 2.81. The number of ether oxygens (including phenoxy) is 1. The number of halogens is 3. The maximum Gasteiger partial charge on any atom is 0.305 e. The van der Waals surface area contributed by atoms with Crippen LogP contribution in [0.4, 0.5) is 0 Å². The van der Waals surface area contributed by atoms with Crippen molar-refractivity contribution in [3.05, 3.63) is 5.82 Å². The van der Waals surface area contributed by atoms with Crippen LogP contribution in [0.3, 0.4) is 0 Å². The maximum atomic E-state index is 12.3. The number of carboxylic acid groups (broad SMARTS) is 1. The van der Waals surface area contributed by atoms with Crippen LogP contribution in [0, 0.1) is 6.92 Å². The van der Waals surface area contributed by atoms with E-state index in [-0.39, 0.29) is 31.3 Å². The SMILES string of the molecule is Cc1nnc(S(=O)(=O)C(Br)(Br)Br)n1CCOCCC(=O)O. The van der Waals surface area contributed by atoms with Crippen LogP contribution < -0.4 is 0 Å². The van der Waals surface area contributed by atoms with Gasteiger partial charge in [0.15, 0.2) is 0 Å². The summed E-state index contributed by atoms with van der Waals surface area (Å²) in [5.74, 6) is -0.548. The Hall–Kier alpha value is -0.0400. The zero-order valence-corrected chi connectivity index (χ0v) is 16.4.